The maximum absolute atomic E-state index is 8.71. The molecule has 0 amide bonds. The van der Waals surface area contributed by atoms with E-state index in [1.54, 1.807) is 0 Å². The highest BCUT2D eigenvalue weighted by Gasteiger charge is 2.20. The van der Waals surface area contributed by atoms with Gasteiger partial charge in [0, 0.05) is 17.0 Å². The summed E-state index contributed by atoms with van der Waals surface area (Å²) in [7, 11) is 0. The molecule has 1 rings (SSSR count). The fourth-order valence-corrected chi connectivity index (χ4v) is 1.58. The van der Waals surface area contributed by atoms with Crippen molar-refractivity contribution in [2.75, 3.05) is 6.54 Å². The second kappa shape index (κ2) is 5.34. The zero-order valence-electron chi connectivity index (χ0n) is 9.92. The third-order valence-corrected chi connectivity index (χ3v) is 2.92. The first-order chi connectivity index (χ1) is 7.45. The topological polar surface area (TPSA) is 35.8 Å². The molecule has 0 aromatic heterocycles. The van der Waals surface area contributed by atoms with Crippen LogP contribution in [0.1, 0.15) is 26.3 Å². The van der Waals surface area contributed by atoms with E-state index >= 15 is 0 Å². The predicted molar refractivity (Wildman–Crippen MR) is 67.6 cm³/mol. The van der Waals surface area contributed by atoms with Crippen molar-refractivity contribution in [2.24, 2.45) is 0 Å². The van der Waals surface area contributed by atoms with Crippen molar-refractivity contribution in [3.8, 4) is 6.07 Å². The zero-order valence-corrected chi connectivity index (χ0v) is 10.7. The fraction of sp³-hybridized carbons (Fsp3) is 0.462. The Morgan fingerprint density at radius 3 is 2.44 bits per heavy atom. The molecule has 86 valence electrons. The minimum atomic E-state index is -0.119. The molecule has 0 saturated heterocycles. The highest BCUT2D eigenvalue weighted by molar-refractivity contribution is 6.30. The van der Waals surface area contributed by atoms with Gasteiger partial charge in [-0.25, -0.2) is 0 Å². The summed E-state index contributed by atoms with van der Waals surface area (Å²) >= 11 is 5.85. The van der Waals surface area contributed by atoms with Crippen LogP contribution in [0.5, 0.6) is 0 Å². The first-order valence-corrected chi connectivity index (χ1v) is 5.72. The molecule has 0 aliphatic heterocycles. The van der Waals surface area contributed by atoms with Crippen LogP contribution in [0.3, 0.4) is 0 Å². The molecular formula is C13H17ClN2. The highest BCUT2D eigenvalue weighted by Crippen LogP contribution is 2.23. The van der Waals surface area contributed by atoms with Crippen LogP contribution < -0.4 is 5.32 Å². The minimum Gasteiger partial charge on any atom is -0.301 e. The summed E-state index contributed by atoms with van der Waals surface area (Å²) < 4.78 is 0. The van der Waals surface area contributed by atoms with E-state index in [-0.39, 0.29) is 11.5 Å². The first-order valence-electron chi connectivity index (χ1n) is 5.35. The molecule has 1 aromatic carbocycles. The molecule has 2 nitrogen and oxygen atoms in total. The van der Waals surface area contributed by atoms with Gasteiger partial charge in [0.25, 0.3) is 0 Å². The van der Waals surface area contributed by atoms with E-state index in [4.69, 9.17) is 16.9 Å². The molecule has 16 heavy (non-hydrogen) atoms. The van der Waals surface area contributed by atoms with Crippen molar-refractivity contribution in [1.82, 2.24) is 5.32 Å². The van der Waals surface area contributed by atoms with Crippen LogP contribution in [0.2, 0.25) is 5.02 Å². The van der Waals surface area contributed by atoms with Crippen LogP contribution in [0.25, 0.3) is 0 Å². The largest absolute Gasteiger partial charge is 0.301 e. The van der Waals surface area contributed by atoms with Gasteiger partial charge in [-0.05, 0) is 24.6 Å². The number of benzene rings is 1. The fourth-order valence-electron chi connectivity index (χ4n) is 1.46. The highest BCUT2D eigenvalue weighted by atomic mass is 35.5. The van der Waals surface area contributed by atoms with E-state index in [1.165, 1.54) is 5.56 Å². The lowest BCUT2D eigenvalue weighted by molar-refractivity contribution is 0.457. The SMILES string of the molecule is CC(C#N)NCC(C)(C)c1ccc(Cl)cc1. The van der Waals surface area contributed by atoms with Gasteiger partial charge in [-0.15, -0.1) is 0 Å². The lowest BCUT2D eigenvalue weighted by Gasteiger charge is -2.26. The van der Waals surface area contributed by atoms with Gasteiger partial charge < -0.3 is 5.32 Å². The van der Waals surface area contributed by atoms with Gasteiger partial charge in [-0.1, -0.05) is 37.6 Å². The first kappa shape index (κ1) is 13.0. The van der Waals surface area contributed by atoms with Gasteiger partial charge in [0.15, 0.2) is 0 Å². The second-order valence-electron chi connectivity index (χ2n) is 4.62. The Kier molecular flexibility index (Phi) is 4.35. The predicted octanol–water partition coefficient (Wildman–Crippen LogP) is 3.12. The Morgan fingerprint density at radius 1 is 1.38 bits per heavy atom. The van der Waals surface area contributed by atoms with Crippen molar-refractivity contribution in [3.05, 3.63) is 34.9 Å². The number of nitrogens with zero attached hydrogens (tertiary/aromatic N) is 1. The third-order valence-electron chi connectivity index (χ3n) is 2.67. The van der Waals surface area contributed by atoms with Crippen molar-refractivity contribution in [2.45, 2.75) is 32.2 Å². The summed E-state index contributed by atoms with van der Waals surface area (Å²) in [4.78, 5) is 0. The van der Waals surface area contributed by atoms with E-state index in [0.29, 0.717) is 0 Å². The zero-order chi connectivity index (χ0) is 12.2. The van der Waals surface area contributed by atoms with Crippen molar-refractivity contribution >= 4 is 11.6 Å². The summed E-state index contributed by atoms with van der Waals surface area (Å²) in [6.45, 7) is 6.92. The molecule has 1 aromatic rings. The summed E-state index contributed by atoms with van der Waals surface area (Å²) in [6, 6.07) is 9.89. The van der Waals surface area contributed by atoms with E-state index in [9.17, 15) is 0 Å². The van der Waals surface area contributed by atoms with Crippen molar-refractivity contribution in [3.63, 3.8) is 0 Å². The molecule has 1 unspecified atom stereocenters. The monoisotopic (exact) mass is 236 g/mol. The number of halogens is 1. The molecule has 0 heterocycles. The average molecular weight is 237 g/mol. The van der Waals surface area contributed by atoms with E-state index in [2.05, 4.69) is 25.2 Å². The molecule has 0 bridgehead atoms. The van der Waals surface area contributed by atoms with Crippen LogP contribution in [0.4, 0.5) is 0 Å². The molecule has 0 saturated carbocycles. The minimum absolute atomic E-state index is 0.00427. The van der Waals surface area contributed by atoms with Crippen molar-refractivity contribution < 1.29 is 0 Å². The summed E-state index contributed by atoms with van der Waals surface area (Å²) in [5.74, 6) is 0. The van der Waals surface area contributed by atoms with E-state index in [0.717, 1.165) is 11.6 Å². The Morgan fingerprint density at radius 2 is 1.94 bits per heavy atom. The molecule has 0 aliphatic carbocycles. The van der Waals surface area contributed by atoms with Crippen LogP contribution in [0.15, 0.2) is 24.3 Å². The lowest BCUT2D eigenvalue weighted by Crippen LogP contribution is -2.37. The van der Waals surface area contributed by atoms with Gasteiger partial charge >= 0.3 is 0 Å². The molecule has 0 spiro atoms. The Balaban J connectivity index is 2.70. The molecule has 0 radical (unpaired) electrons. The van der Waals surface area contributed by atoms with E-state index < -0.39 is 0 Å². The van der Waals surface area contributed by atoms with Gasteiger partial charge in [0.05, 0.1) is 12.1 Å². The standard InChI is InChI=1S/C13H17ClN2/c1-10(8-15)16-9-13(2,3)11-4-6-12(14)7-5-11/h4-7,10,16H,9H2,1-3H3. The number of hydrogen-bond acceptors (Lipinski definition) is 2. The lowest BCUT2D eigenvalue weighted by atomic mass is 9.84. The normalized spacial score (nSPS) is 13.2. The average Bonchev–Trinajstić information content (AvgIpc) is 2.26. The van der Waals surface area contributed by atoms with Gasteiger partial charge in [0.1, 0.15) is 0 Å². The molecule has 0 fully saturated rings. The van der Waals surface area contributed by atoms with Gasteiger partial charge in [-0.2, -0.15) is 5.26 Å². The van der Waals surface area contributed by atoms with Crippen LogP contribution >= 0.6 is 11.6 Å². The maximum atomic E-state index is 8.71. The third kappa shape index (κ3) is 3.52. The summed E-state index contributed by atoms with van der Waals surface area (Å²) in [5.41, 5.74) is 1.21. The smallest absolute Gasteiger partial charge is 0.0924 e. The molecular weight excluding hydrogens is 220 g/mol. The Labute approximate surface area is 102 Å². The summed E-state index contributed by atoms with van der Waals surface area (Å²) in [6.07, 6.45) is 0. The number of nitrogens with one attached hydrogen (secondary N) is 1. The Bertz CT molecular complexity index is 376. The van der Waals surface area contributed by atoms with Crippen LogP contribution in [0, 0.1) is 11.3 Å². The molecule has 1 N–H and O–H groups in total. The molecule has 1 atom stereocenters. The number of nitriles is 1. The van der Waals surface area contributed by atoms with Crippen LogP contribution in [-0.2, 0) is 5.41 Å². The van der Waals surface area contributed by atoms with Gasteiger partial charge in [-0.3, -0.25) is 0 Å². The van der Waals surface area contributed by atoms with Gasteiger partial charge in [0.2, 0.25) is 0 Å². The maximum Gasteiger partial charge on any atom is 0.0924 e. The Hall–Kier alpha value is -1.04. The van der Waals surface area contributed by atoms with Crippen molar-refractivity contribution in [1.29, 1.82) is 5.26 Å². The van der Waals surface area contributed by atoms with E-state index in [1.807, 2.05) is 31.2 Å². The number of hydrogen-bond donors (Lipinski definition) is 1. The molecule has 0 aliphatic rings. The quantitative estimate of drug-likeness (QED) is 0.872. The number of rotatable bonds is 4. The van der Waals surface area contributed by atoms with Crippen LogP contribution in [-0.4, -0.2) is 12.6 Å². The molecule has 3 heteroatoms. The second-order valence-corrected chi connectivity index (χ2v) is 5.06. The summed E-state index contributed by atoms with van der Waals surface area (Å²) in [5, 5.41) is 12.6.